The number of hydrogen-bond acceptors (Lipinski definition) is 6. The first-order valence-corrected chi connectivity index (χ1v) is 6.77. The van der Waals surface area contributed by atoms with Crippen molar-refractivity contribution in [2.45, 2.75) is 13.3 Å². The van der Waals surface area contributed by atoms with Crippen LogP contribution in [0.2, 0.25) is 0 Å². The number of rotatable bonds is 6. The lowest BCUT2D eigenvalue weighted by Gasteiger charge is -2.08. The number of pyridine rings is 2. The van der Waals surface area contributed by atoms with Crippen molar-refractivity contribution in [2.24, 2.45) is 0 Å². The molecular formula is C16H15N3O3. The van der Waals surface area contributed by atoms with Crippen molar-refractivity contribution in [1.82, 2.24) is 9.97 Å². The van der Waals surface area contributed by atoms with E-state index in [1.165, 1.54) is 6.92 Å². The molecule has 2 rings (SSSR count). The highest BCUT2D eigenvalue weighted by Gasteiger charge is 2.08. The third-order valence-corrected chi connectivity index (χ3v) is 2.82. The molecule has 112 valence electrons. The Morgan fingerprint density at radius 3 is 2.73 bits per heavy atom. The number of carbonyl (C=O) groups excluding carboxylic acids is 1. The van der Waals surface area contributed by atoms with Gasteiger partial charge < -0.3 is 9.47 Å². The highest BCUT2D eigenvalue weighted by atomic mass is 16.5. The Labute approximate surface area is 128 Å². The minimum atomic E-state index is -0.322. The summed E-state index contributed by atoms with van der Waals surface area (Å²) in [6.07, 6.45) is 5.55. The summed E-state index contributed by atoms with van der Waals surface area (Å²) in [5.41, 5.74) is 2.12. The van der Waals surface area contributed by atoms with Gasteiger partial charge in [-0.05, 0) is 23.8 Å². The third kappa shape index (κ3) is 4.28. The van der Waals surface area contributed by atoms with E-state index in [0.29, 0.717) is 18.6 Å². The van der Waals surface area contributed by atoms with Crippen molar-refractivity contribution in [3.63, 3.8) is 0 Å². The molecule has 0 unspecified atom stereocenters. The molecular weight excluding hydrogens is 282 g/mol. The van der Waals surface area contributed by atoms with Gasteiger partial charge in [-0.1, -0.05) is 0 Å². The van der Waals surface area contributed by atoms with Gasteiger partial charge in [0, 0.05) is 37.5 Å². The summed E-state index contributed by atoms with van der Waals surface area (Å²) in [6.45, 7) is 1.96. The fourth-order valence-electron chi connectivity index (χ4n) is 1.79. The van der Waals surface area contributed by atoms with E-state index in [9.17, 15) is 10.1 Å². The Morgan fingerprint density at radius 1 is 1.27 bits per heavy atom. The summed E-state index contributed by atoms with van der Waals surface area (Å²) in [5, 5.41) is 9.21. The molecule has 22 heavy (non-hydrogen) atoms. The molecule has 0 atom stereocenters. The van der Waals surface area contributed by atoms with Gasteiger partial charge in [-0.2, -0.15) is 5.26 Å². The maximum Gasteiger partial charge on any atom is 0.302 e. The second-order valence-electron chi connectivity index (χ2n) is 4.47. The quantitative estimate of drug-likeness (QED) is 0.601. The van der Waals surface area contributed by atoms with Crippen LogP contribution in [0.25, 0.3) is 11.1 Å². The van der Waals surface area contributed by atoms with Gasteiger partial charge in [0.05, 0.1) is 13.2 Å². The van der Waals surface area contributed by atoms with E-state index in [1.807, 2.05) is 12.1 Å². The second-order valence-corrected chi connectivity index (χ2v) is 4.47. The third-order valence-electron chi connectivity index (χ3n) is 2.82. The largest absolute Gasteiger partial charge is 0.477 e. The lowest BCUT2D eigenvalue weighted by Crippen LogP contribution is -2.07. The summed E-state index contributed by atoms with van der Waals surface area (Å²) in [7, 11) is 0. The van der Waals surface area contributed by atoms with Crippen molar-refractivity contribution in [2.75, 3.05) is 13.2 Å². The SMILES string of the molecule is CC(=O)OCCCOc1ncc(-c2ccncc2)cc1C#N. The molecule has 2 aromatic heterocycles. The van der Waals surface area contributed by atoms with E-state index in [-0.39, 0.29) is 18.5 Å². The molecule has 0 aliphatic rings. The van der Waals surface area contributed by atoms with E-state index in [1.54, 1.807) is 24.7 Å². The molecule has 0 spiro atoms. The summed E-state index contributed by atoms with van der Waals surface area (Å²) < 4.78 is 10.3. The Bertz CT molecular complexity index is 681. The molecule has 0 aliphatic carbocycles. The van der Waals surface area contributed by atoms with Crippen molar-refractivity contribution in [3.8, 4) is 23.1 Å². The molecule has 0 saturated heterocycles. The van der Waals surface area contributed by atoms with Crippen molar-refractivity contribution in [1.29, 1.82) is 5.26 Å². The van der Waals surface area contributed by atoms with Crippen LogP contribution in [-0.2, 0) is 9.53 Å². The predicted octanol–water partition coefficient (Wildman–Crippen LogP) is 2.35. The maximum atomic E-state index is 10.6. The zero-order chi connectivity index (χ0) is 15.8. The first-order valence-electron chi connectivity index (χ1n) is 6.77. The van der Waals surface area contributed by atoms with Gasteiger partial charge in [0.15, 0.2) is 0 Å². The van der Waals surface area contributed by atoms with E-state index < -0.39 is 0 Å². The molecule has 0 saturated carbocycles. The normalized spacial score (nSPS) is 9.82. The molecule has 6 nitrogen and oxygen atoms in total. The molecule has 0 aliphatic heterocycles. The fourth-order valence-corrected chi connectivity index (χ4v) is 1.79. The monoisotopic (exact) mass is 297 g/mol. The van der Waals surface area contributed by atoms with Crippen LogP contribution >= 0.6 is 0 Å². The highest BCUT2D eigenvalue weighted by Crippen LogP contribution is 2.23. The number of esters is 1. The molecule has 2 aromatic rings. The topological polar surface area (TPSA) is 85.1 Å². The number of nitriles is 1. The number of aromatic nitrogens is 2. The van der Waals surface area contributed by atoms with Crippen LogP contribution in [0, 0.1) is 11.3 Å². The zero-order valence-corrected chi connectivity index (χ0v) is 12.2. The number of ether oxygens (including phenoxy) is 2. The van der Waals surface area contributed by atoms with Crippen LogP contribution in [0.4, 0.5) is 0 Å². The summed E-state index contributed by atoms with van der Waals surface area (Å²) >= 11 is 0. The molecule has 0 aromatic carbocycles. The minimum Gasteiger partial charge on any atom is -0.477 e. The highest BCUT2D eigenvalue weighted by molar-refractivity contribution is 5.66. The number of hydrogen-bond donors (Lipinski definition) is 0. The molecule has 0 radical (unpaired) electrons. The summed E-state index contributed by atoms with van der Waals surface area (Å²) in [4.78, 5) is 18.8. The van der Waals surface area contributed by atoms with Gasteiger partial charge in [0.2, 0.25) is 5.88 Å². The van der Waals surface area contributed by atoms with Crippen LogP contribution in [0.1, 0.15) is 18.9 Å². The molecule has 0 N–H and O–H groups in total. The first-order chi connectivity index (χ1) is 10.7. The Morgan fingerprint density at radius 2 is 2.05 bits per heavy atom. The smallest absolute Gasteiger partial charge is 0.302 e. The standard InChI is InChI=1S/C16H15N3O3/c1-12(20)21-7-2-8-22-16-14(10-17)9-15(11-19-16)13-3-5-18-6-4-13/h3-6,9,11H,2,7-8H2,1H3. The number of carbonyl (C=O) groups is 1. The van der Waals surface area contributed by atoms with E-state index in [0.717, 1.165) is 11.1 Å². The Kier molecular flexibility index (Phi) is 5.44. The molecule has 2 heterocycles. The van der Waals surface area contributed by atoms with E-state index in [2.05, 4.69) is 16.0 Å². The number of nitrogens with zero attached hydrogens (tertiary/aromatic N) is 3. The molecule has 0 fully saturated rings. The first kappa shape index (κ1) is 15.4. The zero-order valence-electron chi connectivity index (χ0n) is 12.2. The summed E-state index contributed by atoms with van der Waals surface area (Å²) in [5.74, 6) is -0.0410. The predicted molar refractivity (Wildman–Crippen MR) is 78.9 cm³/mol. The lowest BCUT2D eigenvalue weighted by molar-refractivity contribution is -0.141. The van der Waals surface area contributed by atoms with Crippen molar-refractivity contribution < 1.29 is 14.3 Å². The average Bonchev–Trinajstić information content (AvgIpc) is 2.55. The fraction of sp³-hybridized carbons (Fsp3) is 0.250. The van der Waals surface area contributed by atoms with Gasteiger partial charge >= 0.3 is 5.97 Å². The van der Waals surface area contributed by atoms with Gasteiger partial charge in [-0.3, -0.25) is 9.78 Å². The van der Waals surface area contributed by atoms with E-state index in [4.69, 9.17) is 9.47 Å². The van der Waals surface area contributed by atoms with Gasteiger partial charge in [0.25, 0.3) is 0 Å². The summed E-state index contributed by atoms with van der Waals surface area (Å²) in [6, 6.07) is 7.49. The van der Waals surface area contributed by atoms with Gasteiger partial charge in [-0.25, -0.2) is 4.98 Å². The van der Waals surface area contributed by atoms with Crippen molar-refractivity contribution >= 4 is 5.97 Å². The minimum absolute atomic E-state index is 0.281. The van der Waals surface area contributed by atoms with Crippen LogP contribution in [-0.4, -0.2) is 29.2 Å². The Balaban J connectivity index is 2.01. The molecule has 0 bridgehead atoms. The lowest BCUT2D eigenvalue weighted by atomic mass is 10.1. The van der Waals surface area contributed by atoms with Crippen molar-refractivity contribution in [3.05, 3.63) is 42.4 Å². The van der Waals surface area contributed by atoms with E-state index >= 15 is 0 Å². The molecule has 0 amide bonds. The van der Waals surface area contributed by atoms with Crippen LogP contribution in [0.3, 0.4) is 0 Å². The maximum absolute atomic E-state index is 10.6. The van der Waals surface area contributed by atoms with Crippen LogP contribution < -0.4 is 4.74 Å². The molecule has 6 heteroatoms. The second kappa shape index (κ2) is 7.74. The average molecular weight is 297 g/mol. The van der Waals surface area contributed by atoms with Gasteiger partial charge in [-0.15, -0.1) is 0 Å². The van der Waals surface area contributed by atoms with Gasteiger partial charge in [0.1, 0.15) is 11.6 Å². The Hall–Kier alpha value is -2.94. The van der Waals surface area contributed by atoms with Crippen LogP contribution in [0.5, 0.6) is 5.88 Å². The van der Waals surface area contributed by atoms with Crippen LogP contribution in [0.15, 0.2) is 36.8 Å².